The third-order valence-electron chi connectivity index (χ3n) is 5.56. The van der Waals surface area contributed by atoms with Crippen molar-refractivity contribution in [1.29, 1.82) is 0 Å². The Hall–Kier alpha value is -3.86. The van der Waals surface area contributed by atoms with Gasteiger partial charge in [-0.15, -0.1) is 0 Å². The number of hydrogen-bond donors (Lipinski definition) is 2. The Balaban J connectivity index is 1.61. The maximum absolute atomic E-state index is 13.9. The Kier molecular flexibility index (Phi) is 5.25. The van der Waals surface area contributed by atoms with Gasteiger partial charge >= 0.3 is 0 Å². The summed E-state index contributed by atoms with van der Waals surface area (Å²) >= 11 is 0. The van der Waals surface area contributed by atoms with Gasteiger partial charge in [0, 0.05) is 34.5 Å². The quantitative estimate of drug-likeness (QED) is 0.298. The molecule has 2 aromatic heterocycles. The highest BCUT2D eigenvalue weighted by molar-refractivity contribution is 8.16. The smallest absolute Gasteiger partial charge is 0.203 e. The van der Waals surface area contributed by atoms with Crippen LogP contribution in [0.4, 0.5) is 5.82 Å². The van der Waals surface area contributed by atoms with E-state index in [0.29, 0.717) is 41.9 Å². The molecule has 5 rings (SSSR count). The summed E-state index contributed by atoms with van der Waals surface area (Å²) in [6.45, 7) is 1.04. The van der Waals surface area contributed by atoms with E-state index in [9.17, 15) is 9.00 Å². The van der Waals surface area contributed by atoms with Crippen LogP contribution in [-0.4, -0.2) is 45.6 Å². The average molecular weight is 471 g/mol. The molecular weight excluding hydrogens is 448 g/mol. The summed E-state index contributed by atoms with van der Waals surface area (Å²) < 4.78 is 40.7. The van der Waals surface area contributed by atoms with Crippen molar-refractivity contribution in [2.75, 3.05) is 25.5 Å². The molecule has 33 heavy (non-hydrogen) atoms. The first-order valence-corrected chi connectivity index (χ1v) is 12.0. The fourth-order valence-corrected chi connectivity index (χ4v) is 5.81. The summed E-state index contributed by atoms with van der Waals surface area (Å²) in [5, 5.41) is 8.88. The number of carbonyl (C=O) groups is 1. The molecular formula is C22H22N4O6S. The number of aromatic nitrogens is 3. The fraction of sp³-hybridized carbons (Fsp3) is 0.227. The summed E-state index contributed by atoms with van der Waals surface area (Å²) in [5.41, 5.74) is 2.80. The van der Waals surface area contributed by atoms with E-state index >= 15 is 0 Å². The summed E-state index contributed by atoms with van der Waals surface area (Å²) in [7, 11) is -1.05. The van der Waals surface area contributed by atoms with Crippen LogP contribution in [0.1, 0.15) is 11.1 Å². The van der Waals surface area contributed by atoms with Crippen LogP contribution < -0.4 is 18.9 Å². The highest BCUT2D eigenvalue weighted by Crippen LogP contribution is 2.43. The molecule has 3 heterocycles. The van der Waals surface area contributed by atoms with Gasteiger partial charge in [0.2, 0.25) is 5.62 Å². The van der Waals surface area contributed by atoms with Crippen LogP contribution in [0.3, 0.4) is 0 Å². The van der Waals surface area contributed by atoms with Gasteiger partial charge in [0.05, 0.1) is 27.4 Å². The van der Waals surface area contributed by atoms with Crippen LogP contribution in [-0.2, 0) is 27.9 Å². The molecule has 0 bridgehead atoms. The Labute approximate surface area is 190 Å². The van der Waals surface area contributed by atoms with Crippen molar-refractivity contribution >= 4 is 32.5 Å². The van der Waals surface area contributed by atoms with E-state index < -0.39 is 10.1 Å². The third-order valence-corrected chi connectivity index (χ3v) is 7.50. The predicted molar refractivity (Wildman–Crippen MR) is 122 cm³/mol. The lowest BCUT2D eigenvalue weighted by Gasteiger charge is -2.23. The zero-order chi connectivity index (χ0) is 23.0. The molecule has 4 aromatic rings. The number of rotatable bonds is 8. The molecule has 2 aromatic carbocycles. The van der Waals surface area contributed by atoms with Crippen LogP contribution >= 0.6 is 0 Å². The lowest BCUT2D eigenvalue weighted by Crippen LogP contribution is -2.25. The highest BCUT2D eigenvalue weighted by atomic mass is 32.3. The van der Waals surface area contributed by atoms with Gasteiger partial charge in [0.1, 0.15) is 27.5 Å². The number of anilines is 1. The summed E-state index contributed by atoms with van der Waals surface area (Å²) in [6.07, 6.45) is 4.30. The van der Waals surface area contributed by atoms with Crippen molar-refractivity contribution in [3.05, 3.63) is 53.9 Å². The van der Waals surface area contributed by atoms with Crippen molar-refractivity contribution in [2.45, 2.75) is 17.9 Å². The molecule has 0 saturated carbocycles. The van der Waals surface area contributed by atoms with E-state index in [1.165, 1.54) is 14.2 Å². The summed E-state index contributed by atoms with van der Waals surface area (Å²) in [4.78, 5) is 12.3. The molecule has 11 heteroatoms. The molecule has 172 valence electrons. The number of carbonyl (C=O) groups excluding carboxylic acids is 1. The second-order valence-electron chi connectivity index (χ2n) is 7.44. The molecule has 1 aliphatic rings. The first kappa shape index (κ1) is 21.0. The number of ether oxygens (including phenoxy) is 3. The van der Waals surface area contributed by atoms with E-state index in [1.807, 2.05) is 23.0 Å². The van der Waals surface area contributed by atoms with Crippen molar-refractivity contribution in [1.82, 2.24) is 14.9 Å². The molecule has 0 aliphatic carbocycles. The average Bonchev–Trinajstić information content (AvgIpc) is 3.60. The van der Waals surface area contributed by atoms with Crippen molar-refractivity contribution in [3.63, 3.8) is 0 Å². The van der Waals surface area contributed by atoms with Crippen LogP contribution in [0, 0.1) is 0 Å². The Bertz CT molecular complexity index is 1360. The lowest BCUT2D eigenvalue weighted by atomic mass is 10.0. The Morgan fingerprint density at radius 2 is 2.03 bits per heavy atom. The Morgan fingerprint density at radius 3 is 2.70 bits per heavy atom. The van der Waals surface area contributed by atoms with Crippen molar-refractivity contribution in [2.24, 2.45) is 0 Å². The minimum absolute atomic E-state index is 0.119. The van der Waals surface area contributed by atoms with Gasteiger partial charge in [-0.2, -0.15) is 5.10 Å². The molecule has 0 atom stereocenters. The number of fused-ring (bicyclic) bond motifs is 3. The first-order chi connectivity index (χ1) is 16.1. The number of methoxy groups -OCH3 is 2. The number of nitrogens with zero attached hydrogens (tertiary/aromatic N) is 3. The van der Waals surface area contributed by atoms with Gasteiger partial charge in [0.25, 0.3) is 0 Å². The zero-order valence-corrected chi connectivity index (χ0v) is 18.9. The van der Waals surface area contributed by atoms with Gasteiger partial charge in [-0.05, 0) is 29.8 Å². The second-order valence-corrected chi connectivity index (χ2v) is 9.63. The van der Waals surface area contributed by atoms with Crippen LogP contribution in [0.15, 0.2) is 52.1 Å². The molecule has 0 unspecified atom stereocenters. The molecule has 0 spiro atoms. The zero-order valence-electron chi connectivity index (χ0n) is 18.0. The molecule has 1 N–H and O–H groups in total. The highest BCUT2D eigenvalue weighted by Gasteiger charge is 2.31. The largest absolute Gasteiger partial charge is 0.495 e. The predicted octanol–water partition coefficient (Wildman–Crippen LogP) is 2.62. The SMILES string of the molecule is COc1cccc(OC)c1[SH](=O)(C=O)Nc1noc2cc(Cn3cccn3)c3c(c12)OCC3. The van der Waals surface area contributed by atoms with E-state index in [1.54, 1.807) is 24.4 Å². The first-order valence-electron chi connectivity index (χ1n) is 10.2. The van der Waals surface area contributed by atoms with Crippen LogP contribution in [0.5, 0.6) is 17.2 Å². The number of hydrogen-bond acceptors (Lipinski definition) is 8. The van der Waals surface area contributed by atoms with Gasteiger partial charge in [-0.1, -0.05) is 11.2 Å². The molecule has 0 radical (unpaired) electrons. The van der Waals surface area contributed by atoms with Crippen molar-refractivity contribution in [3.8, 4) is 17.2 Å². The van der Waals surface area contributed by atoms with Crippen LogP contribution in [0.2, 0.25) is 0 Å². The number of nitrogens with one attached hydrogen (secondary N) is 1. The standard InChI is InChI=1S/C22H22N4O6S/c1-29-16-5-3-6-17(30-2)21(16)33(28,13-27)25-22-19-18(32-24-22)11-14(12-26-9-4-8-23-26)15-7-10-31-20(15)19/h3-6,8-9,11,13,33H,7,10,12H2,1-2H3,(H,24,25,28). The second kappa shape index (κ2) is 8.24. The van der Waals surface area contributed by atoms with Gasteiger partial charge in [0.15, 0.2) is 11.4 Å². The maximum Gasteiger partial charge on any atom is 0.203 e. The minimum Gasteiger partial charge on any atom is -0.495 e. The maximum atomic E-state index is 13.9. The molecule has 0 fully saturated rings. The van der Waals surface area contributed by atoms with Gasteiger partial charge in [-0.25, -0.2) is 0 Å². The monoisotopic (exact) mass is 470 g/mol. The summed E-state index contributed by atoms with van der Waals surface area (Å²) in [5.74, 6) is 1.26. The minimum atomic E-state index is -3.91. The number of benzene rings is 2. The molecule has 10 nitrogen and oxygen atoms in total. The van der Waals surface area contributed by atoms with E-state index in [4.69, 9.17) is 18.7 Å². The van der Waals surface area contributed by atoms with Gasteiger partial charge < -0.3 is 18.7 Å². The van der Waals surface area contributed by atoms with Crippen LogP contribution in [0.25, 0.3) is 11.0 Å². The lowest BCUT2D eigenvalue weighted by molar-refractivity contribution is 0.360. The molecule has 0 amide bonds. The van der Waals surface area contributed by atoms with E-state index in [0.717, 1.165) is 11.1 Å². The fourth-order valence-electron chi connectivity index (χ4n) is 4.09. The molecule has 1 aliphatic heterocycles. The normalized spacial score (nSPS) is 13.4. The molecule has 0 saturated heterocycles. The Morgan fingerprint density at radius 1 is 1.24 bits per heavy atom. The van der Waals surface area contributed by atoms with Crippen molar-refractivity contribution < 1.29 is 27.7 Å². The van der Waals surface area contributed by atoms with E-state index in [2.05, 4.69) is 15.0 Å². The van der Waals surface area contributed by atoms with Gasteiger partial charge in [-0.3, -0.25) is 18.4 Å². The van der Waals surface area contributed by atoms with E-state index in [-0.39, 0.29) is 22.2 Å². The number of thiol groups is 1. The summed E-state index contributed by atoms with van der Waals surface area (Å²) in [6, 6.07) is 8.63. The third kappa shape index (κ3) is 3.50. The topological polar surface area (TPSA) is 118 Å².